The first-order chi connectivity index (χ1) is 13.1. The van der Waals surface area contributed by atoms with Gasteiger partial charge in [-0.25, -0.2) is 4.39 Å². The fourth-order valence-electron chi connectivity index (χ4n) is 3.90. The Bertz CT molecular complexity index is 804. The summed E-state index contributed by atoms with van der Waals surface area (Å²) in [6.07, 6.45) is 5.61. The van der Waals surface area contributed by atoms with Crippen molar-refractivity contribution in [1.82, 2.24) is 5.32 Å². The summed E-state index contributed by atoms with van der Waals surface area (Å²) in [5.41, 5.74) is 2.64. The van der Waals surface area contributed by atoms with Gasteiger partial charge < -0.3 is 15.3 Å². The summed E-state index contributed by atoms with van der Waals surface area (Å²) in [6.45, 7) is 1.64. The maximum absolute atomic E-state index is 14.5. The van der Waals surface area contributed by atoms with Crippen LogP contribution in [0.3, 0.4) is 0 Å². The Labute approximate surface area is 163 Å². The van der Waals surface area contributed by atoms with E-state index in [0.717, 1.165) is 23.3 Å². The van der Waals surface area contributed by atoms with Crippen molar-refractivity contribution in [1.29, 1.82) is 0 Å². The number of aliphatic hydroxyl groups excluding tert-OH is 1. The minimum atomic E-state index is -0.276. The normalized spacial score (nSPS) is 17.6. The molecule has 2 N–H and O–H groups in total. The molecule has 4 rings (SSSR count). The zero-order valence-corrected chi connectivity index (χ0v) is 16.2. The molecule has 1 fully saturated rings. The van der Waals surface area contributed by atoms with Gasteiger partial charge in [-0.05, 0) is 67.9 Å². The van der Waals surface area contributed by atoms with E-state index in [1.165, 1.54) is 29.3 Å². The number of fused-ring (bicyclic) bond motifs is 1. The zero-order chi connectivity index (χ0) is 18.8. The number of hydrogen-bond donors (Lipinski definition) is 2. The standard InChI is InChI=1S/C21H25FN2O2S/c22-17-11-14(5-6-18(17)24-9-7-16(25)8-10-24)13-23-21(26)20-12-15-3-1-2-4-19(15)27-20/h5-6,11-12,16,25H,1-4,7-10,13H2,(H,23,26). The average Bonchev–Trinajstić information content (AvgIpc) is 3.11. The molecule has 27 heavy (non-hydrogen) atoms. The lowest BCUT2D eigenvalue weighted by molar-refractivity contribution is 0.0955. The number of benzene rings is 1. The molecule has 0 radical (unpaired) electrons. The molecule has 1 aromatic carbocycles. The Morgan fingerprint density at radius 1 is 1.22 bits per heavy atom. The second kappa shape index (κ2) is 7.98. The Hall–Kier alpha value is -1.92. The molecule has 0 unspecified atom stereocenters. The van der Waals surface area contributed by atoms with Crippen molar-refractivity contribution in [3.63, 3.8) is 0 Å². The van der Waals surface area contributed by atoms with Crippen LogP contribution in [0.2, 0.25) is 0 Å². The fourth-order valence-corrected chi connectivity index (χ4v) is 5.07. The second-order valence-electron chi connectivity index (χ2n) is 7.45. The van der Waals surface area contributed by atoms with E-state index in [-0.39, 0.29) is 17.8 Å². The predicted octanol–water partition coefficient (Wildman–Crippen LogP) is 3.66. The molecular formula is C21H25FN2O2S. The first-order valence-electron chi connectivity index (χ1n) is 9.71. The third kappa shape index (κ3) is 4.17. The van der Waals surface area contributed by atoms with Crippen LogP contribution in [0.4, 0.5) is 10.1 Å². The lowest BCUT2D eigenvalue weighted by Crippen LogP contribution is -2.36. The van der Waals surface area contributed by atoms with Crippen molar-refractivity contribution in [3.05, 3.63) is 51.0 Å². The van der Waals surface area contributed by atoms with Crippen LogP contribution in [-0.4, -0.2) is 30.2 Å². The smallest absolute Gasteiger partial charge is 0.261 e. The van der Waals surface area contributed by atoms with Gasteiger partial charge in [-0.15, -0.1) is 11.3 Å². The largest absolute Gasteiger partial charge is 0.393 e. The molecule has 6 heteroatoms. The van der Waals surface area contributed by atoms with E-state index < -0.39 is 0 Å². The van der Waals surface area contributed by atoms with Crippen molar-refractivity contribution in [2.45, 2.75) is 51.2 Å². The molecule has 0 spiro atoms. The van der Waals surface area contributed by atoms with Gasteiger partial charge in [-0.3, -0.25) is 4.79 Å². The van der Waals surface area contributed by atoms with Gasteiger partial charge in [0, 0.05) is 24.5 Å². The Morgan fingerprint density at radius 3 is 2.74 bits per heavy atom. The van der Waals surface area contributed by atoms with Gasteiger partial charge in [0.2, 0.25) is 0 Å². The van der Waals surface area contributed by atoms with Crippen LogP contribution in [-0.2, 0) is 19.4 Å². The molecule has 0 bridgehead atoms. The first-order valence-corrected chi connectivity index (χ1v) is 10.5. The third-order valence-electron chi connectivity index (χ3n) is 5.49. The Balaban J connectivity index is 1.37. The highest BCUT2D eigenvalue weighted by atomic mass is 32.1. The van der Waals surface area contributed by atoms with Crippen LogP contribution in [0.25, 0.3) is 0 Å². The van der Waals surface area contributed by atoms with E-state index in [1.54, 1.807) is 17.4 Å². The molecule has 1 aliphatic heterocycles. The fraction of sp³-hybridized carbons (Fsp3) is 0.476. The van der Waals surface area contributed by atoms with Crippen LogP contribution in [0.1, 0.15) is 51.4 Å². The zero-order valence-electron chi connectivity index (χ0n) is 15.3. The quantitative estimate of drug-likeness (QED) is 0.841. The van der Waals surface area contributed by atoms with E-state index in [9.17, 15) is 14.3 Å². The number of nitrogens with one attached hydrogen (secondary N) is 1. The molecule has 1 aliphatic carbocycles. The van der Waals surface area contributed by atoms with Gasteiger partial charge in [-0.2, -0.15) is 0 Å². The van der Waals surface area contributed by atoms with Crippen molar-refractivity contribution in [2.75, 3.05) is 18.0 Å². The summed E-state index contributed by atoms with van der Waals surface area (Å²) in [7, 11) is 0. The van der Waals surface area contributed by atoms with Crippen molar-refractivity contribution in [3.8, 4) is 0 Å². The molecule has 1 aromatic heterocycles. The minimum absolute atomic E-state index is 0.0797. The highest BCUT2D eigenvalue weighted by Gasteiger charge is 2.20. The predicted molar refractivity (Wildman–Crippen MR) is 106 cm³/mol. The van der Waals surface area contributed by atoms with Gasteiger partial charge in [0.15, 0.2) is 0 Å². The summed E-state index contributed by atoms with van der Waals surface area (Å²) >= 11 is 1.59. The molecule has 1 amide bonds. The van der Waals surface area contributed by atoms with Crippen molar-refractivity contribution >= 4 is 22.9 Å². The molecule has 0 saturated carbocycles. The molecule has 2 heterocycles. The second-order valence-corrected chi connectivity index (χ2v) is 8.59. The van der Waals surface area contributed by atoms with E-state index in [4.69, 9.17) is 0 Å². The molecular weight excluding hydrogens is 363 g/mol. The molecule has 1 saturated heterocycles. The van der Waals surface area contributed by atoms with Gasteiger partial charge in [-0.1, -0.05) is 6.07 Å². The Morgan fingerprint density at radius 2 is 2.00 bits per heavy atom. The SMILES string of the molecule is O=C(NCc1ccc(N2CCC(O)CC2)c(F)c1)c1cc2c(s1)CCCC2. The summed E-state index contributed by atoms with van der Waals surface area (Å²) in [5.74, 6) is -0.353. The molecule has 0 atom stereocenters. The minimum Gasteiger partial charge on any atom is -0.393 e. The molecule has 2 aromatic rings. The highest BCUT2D eigenvalue weighted by molar-refractivity contribution is 7.14. The third-order valence-corrected chi connectivity index (χ3v) is 6.73. The van der Waals surface area contributed by atoms with Crippen LogP contribution in [0.5, 0.6) is 0 Å². The number of carbonyl (C=O) groups excluding carboxylic acids is 1. The van der Waals surface area contributed by atoms with Gasteiger partial charge in [0.1, 0.15) is 5.82 Å². The molecule has 144 valence electrons. The number of carbonyl (C=O) groups is 1. The number of amides is 1. The number of aliphatic hydroxyl groups is 1. The highest BCUT2D eigenvalue weighted by Crippen LogP contribution is 2.29. The van der Waals surface area contributed by atoms with E-state index in [1.807, 2.05) is 17.0 Å². The van der Waals surface area contributed by atoms with Crippen molar-refractivity contribution in [2.24, 2.45) is 0 Å². The maximum Gasteiger partial charge on any atom is 0.261 e. The van der Waals surface area contributed by atoms with E-state index in [2.05, 4.69) is 5.32 Å². The van der Waals surface area contributed by atoms with Crippen LogP contribution >= 0.6 is 11.3 Å². The lowest BCUT2D eigenvalue weighted by atomic mass is 9.99. The average molecular weight is 389 g/mol. The first kappa shape index (κ1) is 18.4. The van der Waals surface area contributed by atoms with Crippen molar-refractivity contribution < 1.29 is 14.3 Å². The molecule has 2 aliphatic rings. The summed E-state index contributed by atoms with van der Waals surface area (Å²) in [4.78, 5) is 16.5. The number of halogens is 1. The molecule has 4 nitrogen and oxygen atoms in total. The van der Waals surface area contributed by atoms with Gasteiger partial charge in [0.25, 0.3) is 5.91 Å². The van der Waals surface area contributed by atoms with E-state index >= 15 is 0 Å². The van der Waals surface area contributed by atoms with E-state index in [0.29, 0.717) is 38.2 Å². The number of hydrogen-bond acceptors (Lipinski definition) is 4. The summed E-state index contributed by atoms with van der Waals surface area (Å²) in [6, 6.07) is 7.16. The lowest BCUT2D eigenvalue weighted by Gasteiger charge is -2.31. The van der Waals surface area contributed by atoms with Crippen LogP contribution < -0.4 is 10.2 Å². The number of nitrogens with zero attached hydrogens (tertiary/aromatic N) is 1. The van der Waals surface area contributed by atoms with Gasteiger partial charge >= 0.3 is 0 Å². The van der Waals surface area contributed by atoms with Crippen LogP contribution in [0.15, 0.2) is 24.3 Å². The number of aryl methyl sites for hydroxylation is 2. The summed E-state index contributed by atoms with van der Waals surface area (Å²) < 4.78 is 14.5. The van der Waals surface area contributed by atoms with Gasteiger partial charge in [0.05, 0.1) is 16.7 Å². The number of rotatable bonds is 4. The maximum atomic E-state index is 14.5. The Kier molecular flexibility index (Phi) is 5.45. The monoisotopic (exact) mass is 388 g/mol. The summed E-state index contributed by atoms with van der Waals surface area (Å²) in [5, 5.41) is 12.5. The number of thiophene rings is 1. The topological polar surface area (TPSA) is 52.6 Å². The number of anilines is 1. The van der Waals surface area contributed by atoms with Crippen LogP contribution in [0, 0.1) is 5.82 Å². The number of piperidine rings is 1.